The third kappa shape index (κ3) is 4.62. The smallest absolute Gasteiger partial charge is 0.289 e. The Kier molecular flexibility index (Phi) is 6.05. The van der Waals surface area contributed by atoms with Crippen LogP contribution in [0.1, 0.15) is 5.76 Å². The molecule has 0 radical (unpaired) electrons. The molecule has 1 aliphatic rings. The van der Waals surface area contributed by atoms with Crippen LogP contribution in [0.3, 0.4) is 0 Å². The van der Waals surface area contributed by atoms with E-state index in [1.54, 1.807) is 12.1 Å². The van der Waals surface area contributed by atoms with Crippen LogP contribution in [0, 0.1) is 10.1 Å². The maximum atomic E-state index is 12.9. The van der Waals surface area contributed by atoms with Crippen molar-refractivity contribution in [1.29, 1.82) is 0 Å². The number of rotatable bonds is 6. The van der Waals surface area contributed by atoms with Gasteiger partial charge in [0.15, 0.2) is 10.7 Å². The second-order valence-electron chi connectivity index (χ2n) is 7.09. The van der Waals surface area contributed by atoms with Gasteiger partial charge in [-0.05, 0) is 18.2 Å². The summed E-state index contributed by atoms with van der Waals surface area (Å²) in [5, 5.41) is 15.9. The van der Waals surface area contributed by atoms with Gasteiger partial charge < -0.3 is 4.52 Å². The van der Waals surface area contributed by atoms with Crippen LogP contribution in [0.25, 0.3) is 11.3 Å². The number of halogens is 1. The third-order valence-corrected chi connectivity index (χ3v) is 7.29. The minimum absolute atomic E-state index is 0.229. The highest BCUT2D eigenvalue weighted by Crippen LogP contribution is 2.27. The topological polar surface area (TPSA) is 110 Å². The van der Waals surface area contributed by atoms with Crippen LogP contribution in [0.15, 0.2) is 64.0 Å². The molecule has 11 heteroatoms. The van der Waals surface area contributed by atoms with E-state index in [0.29, 0.717) is 36.1 Å². The van der Waals surface area contributed by atoms with E-state index in [1.165, 1.54) is 28.6 Å². The molecule has 1 aliphatic heterocycles. The molecule has 9 nitrogen and oxygen atoms in total. The Hall–Kier alpha value is -2.79. The van der Waals surface area contributed by atoms with Crippen LogP contribution in [0.4, 0.5) is 5.69 Å². The molecule has 0 saturated carbocycles. The fraction of sp³-hybridized carbons (Fsp3) is 0.250. The summed E-state index contributed by atoms with van der Waals surface area (Å²) in [6.45, 7) is 1.88. The molecule has 0 bridgehead atoms. The van der Waals surface area contributed by atoms with E-state index in [4.69, 9.17) is 16.1 Å². The molecule has 162 valence electrons. The summed E-state index contributed by atoms with van der Waals surface area (Å²) in [5.41, 5.74) is 1.17. The zero-order valence-electron chi connectivity index (χ0n) is 16.3. The van der Waals surface area contributed by atoms with Crippen molar-refractivity contribution in [2.45, 2.75) is 11.4 Å². The Morgan fingerprint density at radius 1 is 1.06 bits per heavy atom. The lowest BCUT2D eigenvalue weighted by molar-refractivity contribution is -0.387. The molecule has 0 atom stereocenters. The van der Waals surface area contributed by atoms with Crippen LogP contribution >= 0.6 is 11.6 Å². The van der Waals surface area contributed by atoms with Crippen LogP contribution in [0.5, 0.6) is 0 Å². The number of para-hydroxylation sites is 1. The Labute approximate surface area is 184 Å². The standard InChI is InChI=1S/C20H19ClN4O5S/c21-16-7-5-15(6-8-16)18-13-17(30-22-18)14-23-9-11-24(12-10-23)31(28,29)20-4-2-1-3-19(20)25(26)27/h1-8,13H,9-12,14H2. The van der Waals surface area contributed by atoms with Crippen molar-refractivity contribution in [2.24, 2.45) is 0 Å². The average molecular weight is 463 g/mol. The largest absolute Gasteiger partial charge is 0.359 e. The molecular formula is C20H19ClN4O5S. The lowest BCUT2D eigenvalue weighted by Crippen LogP contribution is -2.48. The zero-order chi connectivity index (χ0) is 22.0. The lowest BCUT2D eigenvalue weighted by Gasteiger charge is -2.33. The normalized spacial score (nSPS) is 15.8. The molecule has 0 spiro atoms. The zero-order valence-corrected chi connectivity index (χ0v) is 17.9. The fourth-order valence-corrected chi connectivity index (χ4v) is 5.16. The number of nitrogens with zero attached hydrogens (tertiary/aromatic N) is 4. The number of hydrogen-bond acceptors (Lipinski definition) is 7. The van der Waals surface area contributed by atoms with E-state index in [-0.39, 0.29) is 18.0 Å². The predicted molar refractivity (Wildman–Crippen MR) is 114 cm³/mol. The highest BCUT2D eigenvalue weighted by Gasteiger charge is 2.33. The first kappa shape index (κ1) is 21.4. The van der Waals surface area contributed by atoms with Crippen molar-refractivity contribution >= 4 is 27.3 Å². The summed E-state index contributed by atoms with van der Waals surface area (Å²) >= 11 is 5.91. The van der Waals surface area contributed by atoms with Crippen molar-refractivity contribution in [3.63, 3.8) is 0 Å². The SMILES string of the molecule is O=[N+]([O-])c1ccccc1S(=O)(=O)N1CCN(Cc2cc(-c3ccc(Cl)cc3)no2)CC1. The highest BCUT2D eigenvalue weighted by molar-refractivity contribution is 7.89. The Balaban J connectivity index is 1.40. The van der Waals surface area contributed by atoms with Crippen LogP contribution in [0.2, 0.25) is 5.02 Å². The number of nitro benzene ring substituents is 1. The van der Waals surface area contributed by atoms with Crippen molar-refractivity contribution in [3.8, 4) is 11.3 Å². The molecule has 0 unspecified atom stereocenters. The summed E-state index contributed by atoms with van der Waals surface area (Å²) in [6, 6.07) is 14.5. The lowest BCUT2D eigenvalue weighted by atomic mass is 10.1. The molecule has 3 aromatic rings. The number of sulfonamides is 1. The van der Waals surface area contributed by atoms with Crippen LogP contribution < -0.4 is 0 Å². The van der Waals surface area contributed by atoms with Gasteiger partial charge >= 0.3 is 0 Å². The summed E-state index contributed by atoms with van der Waals surface area (Å²) in [6.07, 6.45) is 0. The number of nitro groups is 1. The van der Waals surface area contributed by atoms with E-state index < -0.39 is 20.6 Å². The second kappa shape index (κ2) is 8.75. The van der Waals surface area contributed by atoms with Gasteiger partial charge in [0.05, 0.1) is 11.5 Å². The second-order valence-corrected chi connectivity index (χ2v) is 9.43. The maximum Gasteiger partial charge on any atom is 0.289 e. The van der Waals surface area contributed by atoms with E-state index in [1.807, 2.05) is 18.2 Å². The first-order chi connectivity index (χ1) is 14.8. The van der Waals surface area contributed by atoms with E-state index >= 15 is 0 Å². The maximum absolute atomic E-state index is 12.9. The molecule has 31 heavy (non-hydrogen) atoms. The van der Waals surface area contributed by atoms with Crippen LogP contribution in [-0.2, 0) is 16.6 Å². The summed E-state index contributed by atoms with van der Waals surface area (Å²) in [7, 11) is -3.95. The quantitative estimate of drug-likeness (QED) is 0.407. The molecule has 1 aromatic heterocycles. The minimum Gasteiger partial charge on any atom is -0.359 e. The van der Waals surface area contributed by atoms with Crippen molar-refractivity contribution in [2.75, 3.05) is 26.2 Å². The number of piperazine rings is 1. The number of aromatic nitrogens is 1. The first-order valence-corrected chi connectivity index (χ1v) is 11.3. The highest BCUT2D eigenvalue weighted by atomic mass is 35.5. The molecule has 2 aromatic carbocycles. The van der Waals surface area contributed by atoms with Gasteiger partial charge in [0.25, 0.3) is 5.69 Å². The summed E-state index contributed by atoms with van der Waals surface area (Å²) < 4.78 is 32.6. The predicted octanol–water partition coefficient (Wildman–Crippen LogP) is 3.41. The number of hydrogen-bond donors (Lipinski definition) is 0. The molecule has 4 rings (SSSR count). The molecule has 0 N–H and O–H groups in total. The van der Waals surface area contributed by atoms with Gasteiger partial charge in [-0.3, -0.25) is 15.0 Å². The van der Waals surface area contributed by atoms with E-state index in [9.17, 15) is 18.5 Å². The van der Waals surface area contributed by atoms with Gasteiger partial charge in [-0.15, -0.1) is 0 Å². The van der Waals surface area contributed by atoms with Gasteiger partial charge in [0, 0.05) is 48.9 Å². The van der Waals surface area contributed by atoms with Crippen molar-refractivity contribution in [3.05, 3.63) is 75.5 Å². The van der Waals surface area contributed by atoms with Gasteiger partial charge in [0.1, 0.15) is 5.69 Å². The van der Waals surface area contributed by atoms with Crippen molar-refractivity contribution in [1.82, 2.24) is 14.4 Å². The van der Waals surface area contributed by atoms with Gasteiger partial charge in [-0.1, -0.05) is 41.0 Å². The monoisotopic (exact) mass is 462 g/mol. The Morgan fingerprint density at radius 2 is 1.74 bits per heavy atom. The Bertz CT molecular complexity index is 1190. The van der Waals surface area contributed by atoms with Gasteiger partial charge in [-0.25, -0.2) is 8.42 Å². The Morgan fingerprint density at radius 3 is 2.42 bits per heavy atom. The molecule has 0 amide bonds. The van der Waals surface area contributed by atoms with Crippen LogP contribution in [-0.4, -0.2) is 53.9 Å². The fourth-order valence-electron chi connectivity index (χ4n) is 3.46. The molecule has 1 saturated heterocycles. The molecule has 0 aliphatic carbocycles. The van der Waals surface area contributed by atoms with Crippen molar-refractivity contribution < 1.29 is 17.9 Å². The summed E-state index contributed by atoms with van der Waals surface area (Å²) in [4.78, 5) is 12.3. The van der Waals surface area contributed by atoms with Gasteiger partial charge in [-0.2, -0.15) is 4.31 Å². The van der Waals surface area contributed by atoms with E-state index in [0.717, 1.165) is 5.56 Å². The molecular weight excluding hydrogens is 444 g/mol. The van der Waals surface area contributed by atoms with E-state index in [2.05, 4.69) is 10.1 Å². The molecule has 1 fully saturated rings. The minimum atomic E-state index is -3.95. The first-order valence-electron chi connectivity index (χ1n) is 9.52. The number of benzene rings is 2. The average Bonchev–Trinajstić information content (AvgIpc) is 3.23. The molecule has 2 heterocycles. The summed E-state index contributed by atoms with van der Waals surface area (Å²) in [5.74, 6) is 0.667. The van der Waals surface area contributed by atoms with Gasteiger partial charge in [0.2, 0.25) is 10.0 Å². The third-order valence-electron chi connectivity index (χ3n) is 5.09.